The molecular weight excluding hydrogens is 616 g/mol. The molecule has 0 aliphatic carbocycles. The predicted octanol–water partition coefficient (Wildman–Crippen LogP) is 7.07. The maximum atomic E-state index is 14.5. The molecule has 248 valence electrons. The van der Waals surface area contributed by atoms with Crippen LogP contribution in [0.3, 0.4) is 0 Å². The number of carbonyl (C=O) groups excluding carboxylic acids is 2. The van der Waals surface area contributed by atoms with E-state index in [4.69, 9.17) is 18.9 Å². The number of carbonyl (C=O) groups is 2. The molecule has 46 heavy (non-hydrogen) atoms. The summed E-state index contributed by atoms with van der Waals surface area (Å²) in [4.78, 5) is 25.8. The molecule has 0 fully saturated rings. The fourth-order valence-corrected chi connectivity index (χ4v) is 5.52. The van der Waals surface area contributed by atoms with Crippen LogP contribution in [-0.2, 0) is 14.3 Å². The number of halogens is 2. The van der Waals surface area contributed by atoms with Gasteiger partial charge in [-0.1, -0.05) is 52.2 Å². The third-order valence-electron chi connectivity index (χ3n) is 7.48. The first-order valence-corrected chi connectivity index (χ1v) is 16.3. The van der Waals surface area contributed by atoms with E-state index >= 15 is 0 Å². The number of ether oxygens (including phenoxy) is 4. The number of quaternary nitrogens is 1. The summed E-state index contributed by atoms with van der Waals surface area (Å²) in [6, 6.07) is 7.59. The lowest BCUT2D eigenvalue weighted by Gasteiger charge is -2.36. The van der Waals surface area contributed by atoms with Crippen LogP contribution in [0.2, 0.25) is 0 Å². The molecule has 4 rings (SSSR count). The average molecular weight is 659 g/mol. The van der Waals surface area contributed by atoms with Gasteiger partial charge in [0.1, 0.15) is 35.2 Å². The van der Waals surface area contributed by atoms with E-state index in [0.29, 0.717) is 29.1 Å². The van der Waals surface area contributed by atoms with E-state index < -0.39 is 30.2 Å². The molecule has 0 saturated carbocycles. The van der Waals surface area contributed by atoms with Gasteiger partial charge < -0.3 is 18.9 Å². The molecule has 0 N–H and O–H groups in total. The van der Waals surface area contributed by atoms with Crippen LogP contribution in [-0.4, -0.2) is 71.9 Å². The zero-order chi connectivity index (χ0) is 33.1. The number of rotatable bonds is 16. The highest BCUT2D eigenvalue weighted by atomic mass is 32.1. The second kappa shape index (κ2) is 16.6. The van der Waals surface area contributed by atoms with E-state index in [1.54, 1.807) is 0 Å². The normalized spacial score (nSPS) is 16.2. The van der Waals surface area contributed by atoms with Crippen molar-refractivity contribution < 1.29 is 41.8 Å². The van der Waals surface area contributed by atoms with E-state index in [0.717, 1.165) is 67.4 Å². The van der Waals surface area contributed by atoms with Crippen LogP contribution in [0.1, 0.15) is 68.9 Å². The minimum absolute atomic E-state index is 0.0136. The molecule has 2 aromatic carbocycles. The average Bonchev–Trinajstić information content (AvgIpc) is 3.50. The number of esters is 2. The van der Waals surface area contributed by atoms with Gasteiger partial charge in [0.25, 0.3) is 5.88 Å². The van der Waals surface area contributed by atoms with E-state index in [2.05, 4.69) is 21.7 Å². The van der Waals surface area contributed by atoms with Crippen LogP contribution < -0.4 is 9.47 Å². The van der Waals surface area contributed by atoms with Gasteiger partial charge in [-0.3, -0.25) is 4.48 Å². The fourth-order valence-electron chi connectivity index (χ4n) is 4.99. The predicted molar refractivity (Wildman–Crippen MR) is 171 cm³/mol. The molecular formula is C34H42F2N3O6S+. The lowest BCUT2D eigenvalue weighted by atomic mass is 10.0. The van der Waals surface area contributed by atoms with Crippen LogP contribution in [0, 0.1) is 17.6 Å². The van der Waals surface area contributed by atoms with Crippen molar-refractivity contribution in [2.24, 2.45) is 5.92 Å². The SMILES string of the molecule is CCCCCCOc1nsnc1C1=CCC[N+](C)(COC(=O)COc2ccc(-c3ccc(F)cc3F)cc2C(=O)OCC(C)C)C1. The molecule has 3 aromatic rings. The highest BCUT2D eigenvalue weighted by Gasteiger charge is 2.31. The van der Waals surface area contributed by atoms with Crippen LogP contribution in [0.15, 0.2) is 42.5 Å². The first-order valence-electron chi connectivity index (χ1n) is 15.6. The van der Waals surface area contributed by atoms with Gasteiger partial charge in [-0.05, 0) is 42.2 Å². The van der Waals surface area contributed by atoms with E-state index in [1.807, 2.05) is 20.9 Å². The molecule has 1 aromatic heterocycles. The summed E-state index contributed by atoms with van der Waals surface area (Å²) in [6.45, 7) is 7.71. The van der Waals surface area contributed by atoms with Crippen molar-refractivity contribution in [2.75, 3.05) is 46.7 Å². The minimum atomic E-state index is -0.775. The number of likely N-dealkylation sites (N-methyl/N-ethyl adjacent to an activating group) is 1. The van der Waals surface area contributed by atoms with Gasteiger partial charge in [0.15, 0.2) is 6.61 Å². The Labute approximate surface area is 273 Å². The molecule has 1 aliphatic heterocycles. The Hall–Kier alpha value is -3.90. The second-order valence-electron chi connectivity index (χ2n) is 12.1. The van der Waals surface area contributed by atoms with Gasteiger partial charge in [-0.2, -0.15) is 4.37 Å². The first-order chi connectivity index (χ1) is 22.1. The van der Waals surface area contributed by atoms with Crippen molar-refractivity contribution in [3.63, 3.8) is 0 Å². The van der Waals surface area contributed by atoms with Gasteiger partial charge in [0, 0.05) is 23.6 Å². The quantitative estimate of drug-likeness (QED) is 0.0917. The molecule has 0 radical (unpaired) electrons. The Morgan fingerprint density at radius 3 is 2.61 bits per heavy atom. The minimum Gasteiger partial charge on any atom is -0.481 e. The lowest BCUT2D eigenvalue weighted by Crippen LogP contribution is -2.49. The highest BCUT2D eigenvalue weighted by Crippen LogP contribution is 2.31. The number of benzene rings is 2. The molecule has 0 spiro atoms. The highest BCUT2D eigenvalue weighted by molar-refractivity contribution is 6.99. The van der Waals surface area contributed by atoms with Gasteiger partial charge >= 0.3 is 11.9 Å². The summed E-state index contributed by atoms with van der Waals surface area (Å²) < 4.78 is 59.9. The zero-order valence-corrected chi connectivity index (χ0v) is 27.7. The first kappa shape index (κ1) is 35.0. The Bertz CT molecular complexity index is 1530. The zero-order valence-electron chi connectivity index (χ0n) is 26.9. The number of aromatic nitrogens is 2. The van der Waals surface area contributed by atoms with Gasteiger partial charge in [-0.15, -0.1) is 4.37 Å². The topological polar surface area (TPSA) is 96.8 Å². The van der Waals surface area contributed by atoms with Crippen LogP contribution >= 0.6 is 11.7 Å². The Morgan fingerprint density at radius 1 is 1.02 bits per heavy atom. The van der Waals surface area contributed by atoms with Crippen molar-refractivity contribution >= 4 is 29.2 Å². The van der Waals surface area contributed by atoms with Crippen LogP contribution in [0.5, 0.6) is 11.6 Å². The van der Waals surface area contributed by atoms with Crippen molar-refractivity contribution in [3.8, 4) is 22.8 Å². The Morgan fingerprint density at radius 2 is 1.85 bits per heavy atom. The summed E-state index contributed by atoms with van der Waals surface area (Å²) in [5, 5.41) is 0. The number of hydrogen-bond acceptors (Lipinski definition) is 9. The van der Waals surface area contributed by atoms with Gasteiger partial charge in [-0.25, -0.2) is 18.4 Å². The second-order valence-corrected chi connectivity index (χ2v) is 12.6. The van der Waals surface area contributed by atoms with Crippen molar-refractivity contribution in [1.82, 2.24) is 8.75 Å². The third kappa shape index (κ3) is 9.80. The van der Waals surface area contributed by atoms with Gasteiger partial charge in [0.05, 0.1) is 38.5 Å². The lowest BCUT2D eigenvalue weighted by molar-refractivity contribution is -0.919. The van der Waals surface area contributed by atoms with Crippen LogP contribution in [0.25, 0.3) is 16.7 Å². The van der Waals surface area contributed by atoms with Crippen molar-refractivity contribution in [2.45, 2.75) is 52.9 Å². The van der Waals surface area contributed by atoms with E-state index in [-0.39, 0.29) is 36.1 Å². The monoisotopic (exact) mass is 658 g/mol. The summed E-state index contributed by atoms with van der Waals surface area (Å²) in [5.74, 6) is -2.08. The molecule has 0 saturated heterocycles. The third-order valence-corrected chi connectivity index (χ3v) is 7.99. The molecule has 2 heterocycles. The maximum Gasteiger partial charge on any atom is 0.348 e. The molecule has 0 amide bonds. The number of nitrogens with zero attached hydrogens (tertiary/aromatic N) is 3. The molecule has 1 atom stereocenters. The number of unbranched alkanes of at least 4 members (excludes halogenated alkanes) is 3. The fraction of sp³-hybridized carbons (Fsp3) is 0.471. The summed E-state index contributed by atoms with van der Waals surface area (Å²) >= 11 is 1.12. The Balaban J connectivity index is 1.37. The smallest absolute Gasteiger partial charge is 0.348 e. The summed E-state index contributed by atoms with van der Waals surface area (Å²) in [7, 11) is 2.00. The molecule has 12 heteroatoms. The summed E-state index contributed by atoms with van der Waals surface area (Å²) in [5.41, 5.74) is 2.19. The largest absolute Gasteiger partial charge is 0.481 e. The maximum absolute atomic E-state index is 14.5. The molecule has 1 aliphatic rings. The number of hydrogen-bond donors (Lipinski definition) is 0. The van der Waals surface area contributed by atoms with Crippen molar-refractivity contribution in [1.29, 1.82) is 0 Å². The molecule has 1 unspecified atom stereocenters. The summed E-state index contributed by atoms with van der Waals surface area (Å²) in [6.07, 6.45) is 7.32. The standard InChI is InChI=1S/C34H42F2N3O6S/c1-5-6-7-8-16-42-33-32(37-46-38-33)25-10-9-15-39(4,19-25)22-45-31(40)21-43-30-14-11-24(27-13-12-26(35)18-29(27)36)17-28(30)34(41)44-20-23(2)3/h10-14,17-18,23H,5-9,15-16,19-22H2,1-4H3/q+1. The van der Waals surface area contributed by atoms with E-state index in [9.17, 15) is 18.4 Å². The molecule has 0 bridgehead atoms. The van der Waals surface area contributed by atoms with Crippen molar-refractivity contribution in [3.05, 3.63) is 65.4 Å². The van der Waals surface area contributed by atoms with E-state index in [1.165, 1.54) is 30.7 Å². The van der Waals surface area contributed by atoms with Crippen LogP contribution in [0.4, 0.5) is 8.78 Å². The Kier molecular flexibility index (Phi) is 12.6. The molecule has 9 nitrogen and oxygen atoms in total. The van der Waals surface area contributed by atoms with Gasteiger partial charge in [0.2, 0.25) is 6.73 Å².